The van der Waals surface area contributed by atoms with Crippen molar-refractivity contribution in [3.8, 4) is 0 Å². The minimum absolute atomic E-state index is 0.000102. The Morgan fingerprint density at radius 1 is 0.510 bits per heavy atom. The van der Waals surface area contributed by atoms with Crippen LogP contribution in [0.4, 0.5) is 0 Å². The molecule has 6 nitrogen and oxygen atoms in total. The van der Waals surface area contributed by atoms with Crippen molar-refractivity contribution in [1.29, 1.82) is 0 Å². The van der Waals surface area contributed by atoms with Crippen LogP contribution in [-0.4, -0.2) is 34.6 Å². The first-order valence-electron chi connectivity index (χ1n) is 22.4. The van der Waals surface area contributed by atoms with Crippen LogP contribution in [0.5, 0.6) is 0 Å². The Morgan fingerprint density at radius 3 is 1.29 bits per heavy atom. The number of unbranched alkanes of at least 4 members (excludes halogenated alkanes) is 22. The molecule has 0 aromatic heterocycles. The lowest BCUT2D eigenvalue weighted by atomic mass is 9.71. The van der Waals surface area contributed by atoms with Gasteiger partial charge in [0.2, 0.25) is 5.91 Å². The van der Waals surface area contributed by atoms with Crippen LogP contribution in [0.3, 0.4) is 0 Å². The molecular weight excluding hydrogens is 634 g/mol. The van der Waals surface area contributed by atoms with E-state index in [1.165, 1.54) is 122 Å². The van der Waals surface area contributed by atoms with Crippen molar-refractivity contribution in [3.63, 3.8) is 0 Å². The second-order valence-corrected chi connectivity index (χ2v) is 16.1. The average molecular weight is 722 g/mol. The van der Waals surface area contributed by atoms with Crippen LogP contribution in [0.25, 0.3) is 0 Å². The molecule has 0 fully saturated rings. The van der Waals surface area contributed by atoms with Gasteiger partial charge < -0.3 is 15.2 Å². The number of carbonyl (C=O) groups excluding carboxylic acids is 2. The zero-order valence-corrected chi connectivity index (χ0v) is 34.9. The van der Waals surface area contributed by atoms with E-state index in [1.54, 1.807) is 0 Å². The van der Waals surface area contributed by atoms with E-state index >= 15 is 0 Å². The first-order chi connectivity index (χ1) is 24.7. The van der Waals surface area contributed by atoms with Gasteiger partial charge in [-0.2, -0.15) is 0 Å². The molecule has 2 unspecified atom stereocenters. The molecule has 1 amide bonds. The van der Waals surface area contributed by atoms with Gasteiger partial charge >= 0.3 is 11.9 Å². The van der Waals surface area contributed by atoms with Crippen molar-refractivity contribution in [2.75, 3.05) is 0 Å². The Labute approximate surface area is 317 Å². The Bertz CT molecular complexity index is 811. The van der Waals surface area contributed by atoms with Gasteiger partial charge in [-0.25, -0.2) is 4.79 Å². The lowest BCUT2D eigenvalue weighted by Crippen LogP contribution is -2.48. The summed E-state index contributed by atoms with van der Waals surface area (Å²) >= 11 is 0. The highest BCUT2D eigenvalue weighted by Crippen LogP contribution is 2.41. The lowest BCUT2D eigenvalue weighted by molar-refractivity contribution is -0.177. The summed E-state index contributed by atoms with van der Waals surface area (Å²) in [4.78, 5) is 38.5. The third-order valence-corrected chi connectivity index (χ3v) is 11.4. The van der Waals surface area contributed by atoms with Crippen LogP contribution in [0, 0.1) is 11.8 Å². The first-order valence-corrected chi connectivity index (χ1v) is 22.4. The fourth-order valence-corrected chi connectivity index (χ4v) is 7.83. The predicted molar refractivity (Wildman–Crippen MR) is 217 cm³/mol. The molecule has 3 atom stereocenters. The second kappa shape index (κ2) is 34.2. The van der Waals surface area contributed by atoms with Gasteiger partial charge in [-0.05, 0) is 50.4 Å². The third-order valence-electron chi connectivity index (χ3n) is 11.4. The van der Waals surface area contributed by atoms with Crippen LogP contribution in [-0.2, 0) is 19.1 Å². The molecule has 0 aromatic carbocycles. The molecule has 0 aliphatic carbocycles. The van der Waals surface area contributed by atoms with E-state index in [9.17, 15) is 19.5 Å². The summed E-state index contributed by atoms with van der Waals surface area (Å²) in [6.07, 6.45) is 34.6. The second-order valence-electron chi connectivity index (χ2n) is 16.1. The number of hydrogen-bond donors (Lipinski definition) is 2. The minimum atomic E-state index is -1.09. The molecule has 0 bridgehead atoms. The van der Waals surface area contributed by atoms with Gasteiger partial charge in [0.15, 0.2) is 0 Å². The van der Waals surface area contributed by atoms with Crippen molar-refractivity contribution in [3.05, 3.63) is 0 Å². The van der Waals surface area contributed by atoms with E-state index in [2.05, 4.69) is 46.9 Å². The lowest BCUT2D eigenvalue weighted by Gasteiger charge is -2.44. The minimum Gasteiger partial charge on any atom is -0.480 e. The zero-order chi connectivity index (χ0) is 38.0. The summed E-state index contributed by atoms with van der Waals surface area (Å²) in [5.41, 5.74) is -0.547. The molecule has 0 aliphatic rings. The van der Waals surface area contributed by atoms with E-state index in [4.69, 9.17) is 4.74 Å². The van der Waals surface area contributed by atoms with Gasteiger partial charge in [-0.1, -0.05) is 196 Å². The highest BCUT2D eigenvalue weighted by atomic mass is 16.6. The van der Waals surface area contributed by atoms with Crippen LogP contribution in [0.15, 0.2) is 0 Å². The normalized spacial score (nSPS) is 14.5. The maximum Gasteiger partial charge on any atom is 0.326 e. The molecule has 51 heavy (non-hydrogen) atoms. The fraction of sp³-hybridized carbons (Fsp3) is 0.933. The number of rotatable bonds is 38. The molecule has 0 saturated heterocycles. The Morgan fingerprint density at radius 2 is 0.882 bits per heavy atom. The number of hydrogen-bond acceptors (Lipinski definition) is 4. The summed E-state index contributed by atoms with van der Waals surface area (Å²) in [5.74, 6) is -1.16. The summed E-state index contributed by atoms with van der Waals surface area (Å²) in [5, 5.41) is 12.6. The highest BCUT2D eigenvalue weighted by molar-refractivity contribution is 5.84. The molecule has 0 aliphatic heterocycles. The van der Waals surface area contributed by atoms with Gasteiger partial charge in [-0.15, -0.1) is 0 Å². The van der Waals surface area contributed by atoms with E-state index in [-0.39, 0.29) is 36.6 Å². The van der Waals surface area contributed by atoms with Gasteiger partial charge in [0.25, 0.3) is 0 Å². The van der Waals surface area contributed by atoms with Crippen LogP contribution < -0.4 is 5.32 Å². The number of carboxylic acids is 1. The van der Waals surface area contributed by atoms with Gasteiger partial charge in [-0.3, -0.25) is 9.59 Å². The molecular formula is C45H87NO5. The van der Waals surface area contributed by atoms with Crippen LogP contribution in [0.2, 0.25) is 0 Å². The van der Waals surface area contributed by atoms with Gasteiger partial charge in [0.1, 0.15) is 11.6 Å². The maximum absolute atomic E-state index is 13.7. The van der Waals surface area contributed by atoms with E-state index in [0.29, 0.717) is 6.42 Å². The largest absolute Gasteiger partial charge is 0.480 e. The SMILES string of the molecule is CCCCCCCCCCCC(=O)N[C@@H](CCC(=O)OC(CCCCCCCCCCC)(C(C)CCCCCC)C(C)CCCCCC)C(=O)O. The zero-order valence-electron chi connectivity index (χ0n) is 34.9. The van der Waals surface area contributed by atoms with Crippen molar-refractivity contribution >= 4 is 17.8 Å². The summed E-state index contributed by atoms with van der Waals surface area (Å²) in [6.45, 7) is 13.6. The van der Waals surface area contributed by atoms with Gasteiger partial charge in [0, 0.05) is 12.8 Å². The van der Waals surface area contributed by atoms with E-state index in [1.807, 2.05) is 0 Å². The summed E-state index contributed by atoms with van der Waals surface area (Å²) in [7, 11) is 0. The molecule has 0 aromatic rings. The molecule has 0 spiro atoms. The van der Waals surface area contributed by atoms with Crippen LogP contribution >= 0.6 is 0 Å². The van der Waals surface area contributed by atoms with Crippen molar-refractivity contribution in [2.45, 2.75) is 259 Å². The molecule has 0 radical (unpaired) electrons. The smallest absolute Gasteiger partial charge is 0.326 e. The Balaban J connectivity index is 5.44. The topological polar surface area (TPSA) is 92.7 Å². The highest BCUT2D eigenvalue weighted by Gasteiger charge is 2.44. The Kier molecular flexibility index (Phi) is 33.1. The van der Waals surface area contributed by atoms with E-state index in [0.717, 1.165) is 64.2 Å². The van der Waals surface area contributed by atoms with E-state index < -0.39 is 17.6 Å². The Hall–Kier alpha value is -1.59. The van der Waals surface area contributed by atoms with Crippen molar-refractivity contribution < 1.29 is 24.2 Å². The van der Waals surface area contributed by atoms with Crippen molar-refractivity contribution in [1.82, 2.24) is 5.32 Å². The molecule has 6 heteroatoms. The third kappa shape index (κ3) is 25.9. The summed E-state index contributed by atoms with van der Waals surface area (Å²) < 4.78 is 6.67. The van der Waals surface area contributed by atoms with Gasteiger partial charge in [0.05, 0.1) is 0 Å². The molecule has 2 N–H and O–H groups in total. The number of nitrogens with one attached hydrogen (secondary N) is 1. The quantitative estimate of drug-likeness (QED) is 0.0489. The average Bonchev–Trinajstić information content (AvgIpc) is 3.11. The molecule has 0 heterocycles. The number of ether oxygens (including phenoxy) is 1. The van der Waals surface area contributed by atoms with Crippen LogP contribution in [0.1, 0.15) is 247 Å². The predicted octanol–water partition coefficient (Wildman–Crippen LogP) is 13.7. The number of carbonyl (C=O) groups is 3. The maximum atomic E-state index is 13.7. The molecule has 0 rings (SSSR count). The molecule has 302 valence electrons. The number of esters is 1. The standard InChI is InChI=1S/C45H87NO5/c1-7-11-15-19-21-23-25-27-31-35-42(47)46-41(44(49)50)36-37-43(48)51-45(39(5)33-29-17-13-9-3,40(6)34-30-18-14-10-4)38-32-28-26-24-22-20-16-12-8-2/h39-41H,7-38H2,1-6H3,(H,46,47)(H,49,50)/t39?,40?,41-,45?/m0/s1. The van der Waals surface area contributed by atoms with Crippen molar-refractivity contribution in [2.24, 2.45) is 11.8 Å². The number of carboxylic acid groups (broad SMARTS) is 1. The molecule has 0 saturated carbocycles. The number of amides is 1. The fourth-order valence-electron chi connectivity index (χ4n) is 7.83. The number of aliphatic carboxylic acids is 1. The monoisotopic (exact) mass is 722 g/mol. The first kappa shape index (κ1) is 49.4. The summed E-state index contributed by atoms with van der Waals surface area (Å²) in [6, 6.07) is -1.08.